The maximum absolute atomic E-state index is 12.0. The molecule has 2 nitrogen and oxygen atoms in total. The van der Waals surface area contributed by atoms with Gasteiger partial charge in [-0.1, -0.05) is 35.9 Å². The van der Waals surface area contributed by atoms with Crippen molar-refractivity contribution in [2.75, 3.05) is 0 Å². The van der Waals surface area contributed by atoms with Crippen LogP contribution in [0.2, 0.25) is 0 Å². The number of aryl methyl sites for hydroxylation is 2. The summed E-state index contributed by atoms with van der Waals surface area (Å²) in [5, 5.41) is 0. The van der Waals surface area contributed by atoms with Crippen LogP contribution in [0.1, 0.15) is 27.3 Å². The van der Waals surface area contributed by atoms with Gasteiger partial charge in [-0.15, -0.1) is 0 Å². The number of benzene rings is 1. The maximum atomic E-state index is 12.0. The van der Waals surface area contributed by atoms with Crippen molar-refractivity contribution >= 4 is 28.8 Å². The molecule has 0 saturated carbocycles. The molecule has 2 rings (SSSR count). The van der Waals surface area contributed by atoms with Gasteiger partial charge in [0, 0.05) is 35.2 Å². The lowest BCUT2D eigenvalue weighted by molar-refractivity contribution is 0.0988. The average molecular weight is 250 g/mol. The van der Waals surface area contributed by atoms with E-state index in [4.69, 9.17) is 0 Å². The molecule has 0 amide bonds. The lowest BCUT2D eigenvalue weighted by Gasteiger charge is -2.02. The van der Waals surface area contributed by atoms with E-state index in [1.54, 1.807) is 6.07 Å². The van der Waals surface area contributed by atoms with Crippen LogP contribution < -0.4 is 0 Å². The van der Waals surface area contributed by atoms with Gasteiger partial charge in [-0.05, 0) is 31.5 Å². The van der Waals surface area contributed by atoms with Gasteiger partial charge in [0.1, 0.15) is 5.69 Å². The molecule has 3 heteroatoms. The number of hydrogen-bond donors (Lipinski definition) is 0. The Morgan fingerprint density at radius 3 is 2.33 bits per heavy atom. The van der Waals surface area contributed by atoms with Crippen LogP contribution in [0.15, 0.2) is 42.5 Å². The highest BCUT2D eigenvalue weighted by Crippen LogP contribution is 2.08. The highest BCUT2D eigenvalue weighted by atomic mass is 24.3. The molecule has 1 aromatic carbocycles. The van der Waals surface area contributed by atoms with Gasteiger partial charge in [0.15, 0.2) is 5.78 Å². The Bertz CT molecular complexity index is 534. The van der Waals surface area contributed by atoms with Crippen LogP contribution in [0.3, 0.4) is 0 Å². The standard InChI is InChI=1S/C15H15NO.Mg/c1-11-6-8-13(9-7-11)10-15(17)14-5-3-4-12(2)16-14;/h3-9H,10H2,1-2H3;. The van der Waals surface area contributed by atoms with Gasteiger partial charge in [-0.3, -0.25) is 9.78 Å². The second kappa shape index (κ2) is 6.66. The number of rotatable bonds is 3. The summed E-state index contributed by atoms with van der Waals surface area (Å²) >= 11 is 0. The predicted octanol–water partition coefficient (Wildman–Crippen LogP) is 2.74. The zero-order valence-corrected chi connectivity index (χ0v) is 12.2. The second-order valence-corrected chi connectivity index (χ2v) is 4.25. The van der Waals surface area contributed by atoms with Crippen molar-refractivity contribution in [3.8, 4) is 0 Å². The fraction of sp³-hybridized carbons (Fsp3) is 0.200. The van der Waals surface area contributed by atoms with Crippen molar-refractivity contribution < 1.29 is 4.79 Å². The molecule has 0 atom stereocenters. The molecule has 0 saturated heterocycles. The molecule has 2 radical (unpaired) electrons. The summed E-state index contributed by atoms with van der Waals surface area (Å²) in [5.41, 5.74) is 3.66. The van der Waals surface area contributed by atoms with Crippen LogP contribution in [-0.4, -0.2) is 33.8 Å². The topological polar surface area (TPSA) is 30.0 Å². The molecule has 0 N–H and O–H groups in total. The van der Waals surface area contributed by atoms with E-state index in [2.05, 4.69) is 4.98 Å². The van der Waals surface area contributed by atoms with E-state index in [1.807, 2.05) is 50.2 Å². The third-order valence-electron chi connectivity index (χ3n) is 2.66. The molecular weight excluding hydrogens is 234 g/mol. The Morgan fingerprint density at radius 1 is 1.06 bits per heavy atom. The summed E-state index contributed by atoms with van der Waals surface area (Å²) in [7, 11) is 0. The van der Waals surface area contributed by atoms with Gasteiger partial charge in [-0.2, -0.15) is 0 Å². The summed E-state index contributed by atoms with van der Waals surface area (Å²) < 4.78 is 0. The number of pyridine rings is 1. The molecule has 0 spiro atoms. The third-order valence-corrected chi connectivity index (χ3v) is 2.66. The first kappa shape index (κ1) is 14.9. The minimum absolute atomic E-state index is 0. The van der Waals surface area contributed by atoms with Crippen LogP contribution in [0, 0.1) is 13.8 Å². The third kappa shape index (κ3) is 3.93. The van der Waals surface area contributed by atoms with Crippen molar-refractivity contribution in [1.82, 2.24) is 4.98 Å². The van der Waals surface area contributed by atoms with Crippen LogP contribution in [0.25, 0.3) is 0 Å². The van der Waals surface area contributed by atoms with Crippen LogP contribution in [0.4, 0.5) is 0 Å². The summed E-state index contributed by atoms with van der Waals surface area (Å²) in [5.74, 6) is 0.0672. The van der Waals surface area contributed by atoms with Crippen molar-refractivity contribution in [1.29, 1.82) is 0 Å². The fourth-order valence-corrected chi connectivity index (χ4v) is 1.68. The number of hydrogen-bond acceptors (Lipinski definition) is 2. The highest BCUT2D eigenvalue weighted by molar-refractivity contribution is 5.95. The van der Waals surface area contributed by atoms with Crippen molar-refractivity contribution in [3.63, 3.8) is 0 Å². The predicted molar refractivity (Wildman–Crippen MR) is 73.9 cm³/mol. The molecule has 0 unspecified atom stereocenters. The number of Topliss-reactive ketones (excluding diaryl/α,β-unsaturated/α-hetero) is 1. The largest absolute Gasteiger partial charge is 0.292 e. The van der Waals surface area contributed by atoms with E-state index in [0.29, 0.717) is 12.1 Å². The zero-order chi connectivity index (χ0) is 12.3. The van der Waals surface area contributed by atoms with Gasteiger partial charge in [0.2, 0.25) is 0 Å². The van der Waals surface area contributed by atoms with Crippen LogP contribution >= 0.6 is 0 Å². The SMILES string of the molecule is Cc1ccc(CC(=O)c2cccc(C)n2)cc1.[Mg]. The van der Waals surface area contributed by atoms with Gasteiger partial charge in [0.05, 0.1) is 0 Å². The number of nitrogens with zero attached hydrogens (tertiary/aromatic N) is 1. The van der Waals surface area contributed by atoms with Crippen LogP contribution in [0.5, 0.6) is 0 Å². The smallest absolute Gasteiger partial charge is 0.185 e. The van der Waals surface area contributed by atoms with E-state index in [-0.39, 0.29) is 28.8 Å². The van der Waals surface area contributed by atoms with E-state index < -0.39 is 0 Å². The summed E-state index contributed by atoms with van der Waals surface area (Å²) in [4.78, 5) is 16.2. The van der Waals surface area contributed by atoms with Gasteiger partial charge in [0.25, 0.3) is 0 Å². The minimum Gasteiger partial charge on any atom is -0.292 e. The van der Waals surface area contributed by atoms with Gasteiger partial charge >= 0.3 is 0 Å². The first-order chi connectivity index (χ1) is 8.15. The molecule has 18 heavy (non-hydrogen) atoms. The average Bonchev–Trinajstić information content (AvgIpc) is 2.32. The molecule has 0 aliphatic heterocycles. The normalized spacial score (nSPS) is 9.67. The number of carbonyl (C=O) groups excluding carboxylic acids is 1. The Balaban J connectivity index is 0.00000162. The first-order valence-corrected chi connectivity index (χ1v) is 5.67. The maximum Gasteiger partial charge on any atom is 0.185 e. The Labute approximate surface area is 124 Å². The zero-order valence-electron chi connectivity index (χ0n) is 10.8. The minimum atomic E-state index is 0. The summed E-state index contributed by atoms with van der Waals surface area (Å²) in [6, 6.07) is 13.5. The van der Waals surface area contributed by atoms with Gasteiger partial charge < -0.3 is 0 Å². The molecule has 0 fully saturated rings. The Morgan fingerprint density at radius 2 is 1.72 bits per heavy atom. The molecule has 1 heterocycles. The highest BCUT2D eigenvalue weighted by Gasteiger charge is 2.08. The fourth-order valence-electron chi connectivity index (χ4n) is 1.68. The summed E-state index contributed by atoms with van der Waals surface area (Å²) in [6.07, 6.45) is 0.413. The molecular formula is C15H15MgNO. The second-order valence-electron chi connectivity index (χ2n) is 4.25. The quantitative estimate of drug-likeness (QED) is 0.618. The van der Waals surface area contributed by atoms with Gasteiger partial charge in [-0.25, -0.2) is 0 Å². The van der Waals surface area contributed by atoms with Crippen molar-refractivity contribution in [3.05, 3.63) is 65.0 Å². The molecule has 2 aromatic rings. The van der Waals surface area contributed by atoms with E-state index >= 15 is 0 Å². The van der Waals surface area contributed by atoms with E-state index in [9.17, 15) is 4.79 Å². The lowest BCUT2D eigenvalue weighted by atomic mass is 10.1. The van der Waals surface area contributed by atoms with E-state index in [1.165, 1.54) is 5.56 Å². The number of carbonyl (C=O) groups is 1. The lowest BCUT2D eigenvalue weighted by Crippen LogP contribution is -2.06. The molecule has 0 aliphatic carbocycles. The summed E-state index contributed by atoms with van der Waals surface area (Å²) in [6.45, 7) is 3.93. The number of ketones is 1. The first-order valence-electron chi connectivity index (χ1n) is 5.67. The number of aromatic nitrogens is 1. The van der Waals surface area contributed by atoms with Crippen LogP contribution in [-0.2, 0) is 6.42 Å². The Kier molecular flexibility index (Phi) is 5.50. The molecule has 0 aliphatic rings. The van der Waals surface area contributed by atoms with Crippen molar-refractivity contribution in [2.24, 2.45) is 0 Å². The molecule has 1 aromatic heterocycles. The van der Waals surface area contributed by atoms with Crippen molar-refractivity contribution in [2.45, 2.75) is 20.3 Å². The molecule has 88 valence electrons. The van der Waals surface area contributed by atoms with E-state index in [0.717, 1.165) is 11.3 Å². The molecule has 0 bridgehead atoms. The monoisotopic (exact) mass is 249 g/mol. The Hall–Kier alpha value is -1.19.